The largest absolute Gasteiger partial charge is 0.467 e. The number of nitrogens with two attached hydrogens (primary N) is 1. The van der Waals surface area contributed by atoms with Gasteiger partial charge in [0.1, 0.15) is 5.76 Å². The van der Waals surface area contributed by atoms with Gasteiger partial charge in [-0.1, -0.05) is 0 Å². The molecule has 7 heteroatoms. The van der Waals surface area contributed by atoms with Gasteiger partial charge in [0.2, 0.25) is 17.7 Å². The molecule has 2 aliphatic rings. The van der Waals surface area contributed by atoms with E-state index in [1.54, 1.807) is 22.1 Å². The summed E-state index contributed by atoms with van der Waals surface area (Å²) in [6.07, 6.45) is 3.03. The predicted octanol–water partition coefficient (Wildman–Crippen LogP) is 0.352. The Morgan fingerprint density at radius 2 is 2.00 bits per heavy atom. The molecule has 2 saturated heterocycles. The molecule has 7 nitrogen and oxygen atoms in total. The highest BCUT2D eigenvalue weighted by molar-refractivity contribution is 5.89. The quantitative estimate of drug-likeness (QED) is 0.866. The van der Waals surface area contributed by atoms with Crippen LogP contribution in [-0.2, 0) is 20.9 Å². The molecule has 1 atom stereocenters. The van der Waals surface area contributed by atoms with E-state index in [9.17, 15) is 14.4 Å². The average Bonchev–Trinajstić information content (AvgIpc) is 3.17. The highest BCUT2D eigenvalue weighted by atomic mass is 16.3. The second kappa shape index (κ2) is 6.44. The number of piperidine rings is 1. The molecular weight excluding hydrogens is 298 g/mol. The highest BCUT2D eigenvalue weighted by Gasteiger charge is 2.38. The van der Waals surface area contributed by atoms with E-state index in [-0.39, 0.29) is 36.0 Å². The summed E-state index contributed by atoms with van der Waals surface area (Å²) in [5.74, 6) is -0.0382. The lowest BCUT2D eigenvalue weighted by atomic mass is 9.95. The second-order valence-corrected chi connectivity index (χ2v) is 6.26. The van der Waals surface area contributed by atoms with E-state index < -0.39 is 0 Å². The zero-order valence-corrected chi connectivity index (χ0v) is 12.9. The van der Waals surface area contributed by atoms with Crippen LogP contribution in [0.25, 0.3) is 0 Å². The normalized spacial score (nSPS) is 22.6. The van der Waals surface area contributed by atoms with Gasteiger partial charge in [0.05, 0.1) is 18.7 Å². The molecule has 1 aromatic heterocycles. The summed E-state index contributed by atoms with van der Waals surface area (Å²) in [6, 6.07) is 3.60. The van der Waals surface area contributed by atoms with E-state index in [2.05, 4.69) is 0 Å². The Morgan fingerprint density at radius 1 is 1.26 bits per heavy atom. The molecule has 3 heterocycles. The van der Waals surface area contributed by atoms with Crippen molar-refractivity contribution in [3.8, 4) is 0 Å². The van der Waals surface area contributed by atoms with Crippen LogP contribution in [-0.4, -0.2) is 47.2 Å². The van der Waals surface area contributed by atoms with Gasteiger partial charge in [-0.15, -0.1) is 0 Å². The number of likely N-dealkylation sites (tertiary alicyclic amines) is 2. The van der Waals surface area contributed by atoms with Crippen LogP contribution in [0.5, 0.6) is 0 Å². The fourth-order valence-electron chi connectivity index (χ4n) is 3.32. The summed E-state index contributed by atoms with van der Waals surface area (Å²) in [5, 5.41) is 0. The third-order valence-electron chi connectivity index (χ3n) is 4.70. The monoisotopic (exact) mass is 319 g/mol. The molecule has 0 unspecified atom stereocenters. The van der Waals surface area contributed by atoms with E-state index in [0.717, 1.165) is 0 Å². The summed E-state index contributed by atoms with van der Waals surface area (Å²) in [4.78, 5) is 39.3. The Hall–Kier alpha value is -2.31. The van der Waals surface area contributed by atoms with Crippen LogP contribution < -0.4 is 5.73 Å². The number of hydrogen-bond acceptors (Lipinski definition) is 4. The van der Waals surface area contributed by atoms with Crippen LogP contribution >= 0.6 is 0 Å². The maximum atomic E-state index is 12.6. The second-order valence-electron chi connectivity index (χ2n) is 6.26. The molecule has 2 N–H and O–H groups in total. The number of hydrogen-bond donors (Lipinski definition) is 1. The Labute approximate surface area is 134 Å². The van der Waals surface area contributed by atoms with Gasteiger partial charge in [-0.25, -0.2) is 0 Å². The highest BCUT2D eigenvalue weighted by Crippen LogP contribution is 2.25. The van der Waals surface area contributed by atoms with Crippen LogP contribution in [0, 0.1) is 11.8 Å². The lowest BCUT2D eigenvalue weighted by Gasteiger charge is -2.32. The molecule has 0 radical (unpaired) electrons. The Balaban J connectivity index is 1.55. The van der Waals surface area contributed by atoms with Crippen molar-refractivity contribution in [1.82, 2.24) is 9.80 Å². The van der Waals surface area contributed by atoms with Crippen LogP contribution in [0.3, 0.4) is 0 Å². The molecule has 124 valence electrons. The lowest BCUT2D eigenvalue weighted by molar-refractivity contribution is -0.138. The fraction of sp³-hybridized carbons (Fsp3) is 0.562. The molecule has 0 aromatic carbocycles. The molecule has 0 bridgehead atoms. The standard InChI is InChI=1S/C16H21N3O4/c17-15(21)11-3-5-18(6-4-11)16(22)12-8-14(20)19(9-12)10-13-2-1-7-23-13/h1-2,7,11-12H,3-6,8-10H2,(H2,17,21)/t12-/m0/s1. The van der Waals surface area contributed by atoms with Crippen molar-refractivity contribution in [2.45, 2.75) is 25.8 Å². The summed E-state index contributed by atoms with van der Waals surface area (Å²) in [7, 11) is 0. The van der Waals surface area contributed by atoms with Crippen LogP contribution in [0.4, 0.5) is 0 Å². The van der Waals surface area contributed by atoms with Gasteiger partial charge in [0.25, 0.3) is 0 Å². The van der Waals surface area contributed by atoms with Gasteiger partial charge in [0.15, 0.2) is 0 Å². The van der Waals surface area contributed by atoms with E-state index in [4.69, 9.17) is 10.2 Å². The first-order valence-electron chi connectivity index (χ1n) is 7.93. The Morgan fingerprint density at radius 3 is 2.61 bits per heavy atom. The molecular formula is C16H21N3O4. The first-order chi connectivity index (χ1) is 11.0. The van der Waals surface area contributed by atoms with Gasteiger partial charge in [0, 0.05) is 32.0 Å². The Kier molecular flexibility index (Phi) is 4.36. The molecule has 23 heavy (non-hydrogen) atoms. The summed E-state index contributed by atoms with van der Waals surface area (Å²) < 4.78 is 5.26. The molecule has 0 aliphatic carbocycles. The Bertz CT molecular complexity index is 590. The molecule has 3 amide bonds. The van der Waals surface area contributed by atoms with Gasteiger partial charge in [-0.2, -0.15) is 0 Å². The zero-order valence-electron chi connectivity index (χ0n) is 12.9. The summed E-state index contributed by atoms with van der Waals surface area (Å²) in [5.41, 5.74) is 5.31. The van der Waals surface area contributed by atoms with Crippen LogP contribution in [0.2, 0.25) is 0 Å². The molecule has 3 rings (SSSR count). The predicted molar refractivity (Wildman–Crippen MR) is 80.7 cm³/mol. The number of rotatable bonds is 4. The van der Waals surface area contributed by atoms with Crippen molar-refractivity contribution in [3.05, 3.63) is 24.2 Å². The van der Waals surface area contributed by atoms with Gasteiger partial charge < -0.3 is 20.0 Å². The van der Waals surface area contributed by atoms with Crippen LogP contribution in [0.15, 0.2) is 22.8 Å². The van der Waals surface area contributed by atoms with E-state index >= 15 is 0 Å². The molecule has 1 aromatic rings. The maximum absolute atomic E-state index is 12.6. The van der Waals surface area contributed by atoms with Gasteiger partial charge in [-0.05, 0) is 25.0 Å². The number of carbonyl (C=O) groups is 3. The van der Waals surface area contributed by atoms with E-state index in [0.29, 0.717) is 44.8 Å². The summed E-state index contributed by atoms with van der Waals surface area (Å²) in [6.45, 7) is 1.90. The first-order valence-corrected chi connectivity index (χ1v) is 7.93. The average molecular weight is 319 g/mol. The van der Waals surface area contributed by atoms with Gasteiger partial charge >= 0.3 is 0 Å². The van der Waals surface area contributed by atoms with Crippen molar-refractivity contribution in [2.75, 3.05) is 19.6 Å². The van der Waals surface area contributed by atoms with Crippen molar-refractivity contribution in [2.24, 2.45) is 17.6 Å². The van der Waals surface area contributed by atoms with Gasteiger partial charge in [-0.3, -0.25) is 14.4 Å². The molecule has 2 fully saturated rings. The number of amides is 3. The summed E-state index contributed by atoms with van der Waals surface area (Å²) >= 11 is 0. The maximum Gasteiger partial charge on any atom is 0.227 e. The minimum atomic E-state index is -0.303. The third-order valence-corrected chi connectivity index (χ3v) is 4.70. The number of nitrogens with zero attached hydrogens (tertiary/aromatic N) is 2. The topological polar surface area (TPSA) is 96.8 Å². The van der Waals surface area contributed by atoms with Crippen molar-refractivity contribution in [3.63, 3.8) is 0 Å². The minimum Gasteiger partial charge on any atom is -0.467 e. The van der Waals surface area contributed by atoms with E-state index in [1.807, 2.05) is 6.07 Å². The van der Waals surface area contributed by atoms with Crippen molar-refractivity contribution in [1.29, 1.82) is 0 Å². The number of furan rings is 1. The molecule has 0 saturated carbocycles. The number of carbonyl (C=O) groups excluding carboxylic acids is 3. The third kappa shape index (κ3) is 3.38. The van der Waals surface area contributed by atoms with Crippen molar-refractivity contribution < 1.29 is 18.8 Å². The molecule has 2 aliphatic heterocycles. The van der Waals surface area contributed by atoms with Crippen molar-refractivity contribution >= 4 is 17.7 Å². The first kappa shape index (κ1) is 15.6. The molecule has 0 spiro atoms. The SMILES string of the molecule is NC(=O)C1CCN(C(=O)[C@H]2CC(=O)N(Cc3ccco3)C2)CC1. The zero-order chi connectivity index (χ0) is 16.4. The number of primary amides is 1. The fourth-order valence-corrected chi connectivity index (χ4v) is 3.32. The minimum absolute atomic E-state index is 0.00298. The van der Waals surface area contributed by atoms with Crippen LogP contribution in [0.1, 0.15) is 25.0 Å². The van der Waals surface area contributed by atoms with E-state index in [1.165, 1.54) is 0 Å². The smallest absolute Gasteiger partial charge is 0.227 e. The lowest BCUT2D eigenvalue weighted by Crippen LogP contribution is -2.44.